The molecule has 6 nitrogen and oxygen atoms in total. The summed E-state index contributed by atoms with van der Waals surface area (Å²) in [7, 11) is 0. The summed E-state index contributed by atoms with van der Waals surface area (Å²) in [6.45, 7) is 1.72. The van der Waals surface area contributed by atoms with E-state index in [9.17, 15) is 4.79 Å². The maximum atomic E-state index is 12.7. The Kier molecular flexibility index (Phi) is 3.70. The van der Waals surface area contributed by atoms with Gasteiger partial charge in [0.1, 0.15) is 21.0 Å². The van der Waals surface area contributed by atoms with E-state index >= 15 is 0 Å². The number of rotatable bonds is 2. The van der Waals surface area contributed by atoms with E-state index in [0.29, 0.717) is 20.9 Å². The SMILES string of the molecule is Cc1nc2c(sc3nnc(-c4ccccc4)c(-c4ccccc4)c32)c(=O)n1N. The number of aryl methyl sites for hydroxylation is 1. The van der Waals surface area contributed by atoms with Crippen molar-refractivity contribution in [3.8, 4) is 22.4 Å². The third-order valence-corrected chi connectivity index (χ3v) is 5.79. The van der Waals surface area contributed by atoms with Crippen molar-refractivity contribution >= 4 is 31.8 Å². The first-order valence-electron chi connectivity index (χ1n) is 8.73. The number of nitrogens with zero attached hydrogens (tertiary/aromatic N) is 4. The minimum atomic E-state index is -0.272. The fourth-order valence-corrected chi connectivity index (χ4v) is 4.38. The fraction of sp³-hybridized carbons (Fsp3) is 0.0476. The number of hydrogen-bond acceptors (Lipinski definition) is 6. The van der Waals surface area contributed by atoms with Crippen LogP contribution >= 0.6 is 11.3 Å². The van der Waals surface area contributed by atoms with Crippen LogP contribution in [0.1, 0.15) is 5.82 Å². The summed E-state index contributed by atoms with van der Waals surface area (Å²) in [6.07, 6.45) is 0. The van der Waals surface area contributed by atoms with Crippen molar-refractivity contribution < 1.29 is 0 Å². The second-order valence-electron chi connectivity index (χ2n) is 6.45. The molecule has 0 fully saturated rings. The van der Waals surface area contributed by atoms with Crippen LogP contribution in [0, 0.1) is 6.92 Å². The first-order chi connectivity index (χ1) is 13.6. The van der Waals surface area contributed by atoms with Gasteiger partial charge in [-0.05, 0) is 12.5 Å². The third-order valence-electron chi connectivity index (χ3n) is 4.74. The highest BCUT2D eigenvalue weighted by Crippen LogP contribution is 2.41. The number of hydrogen-bond donors (Lipinski definition) is 1. The van der Waals surface area contributed by atoms with Crippen LogP contribution in [0.4, 0.5) is 0 Å². The molecule has 5 rings (SSSR count). The molecule has 7 heteroatoms. The first-order valence-corrected chi connectivity index (χ1v) is 9.55. The molecule has 0 aliphatic heterocycles. The van der Waals surface area contributed by atoms with Gasteiger partial charge in [0.05, 0.1) is 5.52 Å². The van der Waals surface area contributed by atoms with Crippen molar-refractivity contribution in [1.29, 1.82) is 0 Å². The van der Waals surface area contributed by atoms with E-state index in [-0.39, 0.29) is 5.56 Å². The Labute approximate surface area is 163 Å². The Morgan fingerprint density at radius 2 is 1.57 bits per heavy atom. The van der Waals surface area contributed by atoms with Gasteiger partial charge in [-0.3, -0.25) is 4.79 Å². The molecule has 0 radical (unpaired) electrons. The maximum Gasteiger partial charge on any atom is 0.289 e. The maximum absolute atomic E-state index is 12.7. The Hall–Kier alpha value is -3.58. The Balaban J connectivity index is 2.00. The number of aromatic nitrogens is 4. The molecule has 0 unspecified atom stereocenters. The Morgan fingerprint density at radius 1 is 0.929 bits per heavy atom. The monoisotopic (exact) mass is 385 g/mol. The molecule has 136 valence electrons. The molecular formula is C21H15N5OS. The normalized spacial score (nSPS) is 11.3. The summed E-state index contributed by atoms with van der Waals surface area (Å²) in [5, 5.41) is 9.77. The van der Waals surface area contributed by atoms with Gasteiger partial charge in [0, 0.05) is 16.5 Å². The summed E-state index contributed by atoms with van der Waals surface area (Å²) in [5.74, 6) is 6.31. The lowest BCUT2D eigenvalue weighted by molar-refractivity contribution is 0.855. The van der Waals surface area contributed by atoms with Crippen molar-refractivity contribution in [2.24, 2.45) is 0 Å². The number of nitrogen functional groups attached to an aromatic ring is 1. The van der Waals surface area contributed by atoms with E-state index in [1.54, 1.807) is 6.92 Å². The van der Waals surface area contributed by atoms with Gasteiger partial charge >= 0.3 is 0 Å². The topological polar surface area (TPSA) is 86.7 Å². The van der Waals surface area contributed by atoms with Gasteiger partial charge < -0.3 is 5.84 Å². The van der Waals surface area contributed by atoms with Crippen LogP contribution in [-0.2, 0) is 0 Å². The number of benzene rings is 2. The number of nitrogens with two attached hydrogens (primary N) is 1. The van der Waals surface area contributed by atoms with Gasteiger partial charge in [-0.2, -0.15) is 0 Å². The molecule has 0 amide bonds. The van der Waals surface area contributed by atoms with E-state index in [0.717, 1.165) is 32.4 Å². The molecular weight excluding hydrogens is 370 g/mol. The van der Waals surface area contributed by atoms with E-state index in [1.165, 1.54) is 11.3 Å². The average molecular weight is 385 g/mol. The van der Waals surface area contributed by atoms with Crippen LogP contribution in [0.2, 0.25) is 0 Å². The van der Waals surface area contributed by atoms with E-state index in [1.807, 2.05) is 60.7 Å². The highest BCUT2D eigenvalue weighted by molar-refractivity contribution is 7.25. The van der Waals surface area contributed by atoms with Gasteiger partial charge in [0.2, 0.25) is 0 Å². The standard InChI is InChI=1S/C21H15N5OS/c1-12-23-18-16-15(13-8-4-2-5-9-13)17(14-10-6-3-7-11-14)24-25-20(16)28-19(18)21(27)26(12)22/h2-11H,22H2,1H3. The predicted molar refractivity (Wildman–Crippen MR) is 113 cm³/mol. The summed E-state index contributed by atoms with van der Waals surface area (Å²) in [5.41, 5.74) is 3.98. The summed E-state index contributed by atoms with van der Waals surface area (Å²) in [4.78, 5) is 18.0. The minimum absolute atomic E-state index is 0.272. The highest BCUT2D eigenvalue weighted by Gasteiger charge is 2.21. The number of thiophene rings is 1. The summed E-state index contributed by atoms with van der Waals surface area (Å²) < 4.78 is 1.56. The van der Waals surface area contributed by atoms with Crippen molar-refractivity contribution in [3.05, 3.63) is 76.8 Å². The van der Waals surface area contributed by atoms with Crippen LogP contribution in [0.3, 0.4) is 0 Å². The van der Waals surface area contributed by atoms with Crippen LogP contribution < -0.4 is 11.4 Å². The molecule has 0 atom stereocenters. The lowest BCUT2D eigenvalue weighted by atomic mass is 9.97. The second kappa shape index (κ2) is 6.24. The van der Waals surface area contributed by atoms with Crippen molar-refractivity contribution in [3.63, 3.8) is 0 Å². The third kappa shape index (κ3) is 2.40. The van der Waals surface area contributed by atoms with Crippen molar-refractivity contribution in [1.82, 2.24) is 19.9 Å². The van der Waals surface area contributed by atoms with Gasteiger partial charge in [0.25, 0.3) is 5.56 Å². The summed E-state index contributed by atoms with van der Waals surface area (Å²) >= 11 is 1.27. The molecule has 2 N–H and O–H groups in total. The van der Waals surface area contributed by atoms with Crippen LogP contribution in [0.25, 0.3) is 42.8 Å². The first kappa shape index (κ1) is 16.6. The smallest absolute Gasteiger partial charge is 0.289 e. The lowest BCUT2D eigenvalue weighted by Crippen LogP contribution is -2.29. The molecule has 0 aliphatic rings. The lowest BCUT2D eigenvalue weighted by Gasteiger charge is -2.10. The van der Waals surface area contributed by atoms with Gasteiger partial charge in [-0.1, -0.05) is 60.7 Å². The molecule has 0 spiro atoms. The van der Waals surface area contributed by atoms with Gasteiger partial charge in [0.15, 0.2) is 0 Å². The average Bonchev–Trinajstić information content (AvgIpc) is 3.11. The van der Waals surface area contributed by atoms with Gasteiger partial charge in [-0.15, -0.1) is 21.5 Å². The minimum Gasteiger partial charge on any atom is -0.335 e. The molecule has 3 aromatic heterocycles. The zero-order valence-corrected chi connectivity index (χ0v) is 15.8. The zero-order chi connectivity index (χ0) is 19.3. The zero-order valence-electron chi connectivity index (χ0n) is 15.0. The molecule has 28 heavy (non-hydrogen) atoms. The van der Waals surface area contributed by atoms with Crippen molar-refractivity contribution in [2.45, 2.75) is 6.92 Å². The van der Waals surface area contributed by atoms with Crippen LogP contribution in [0.5, 0.6) is 0 Å². The van der Waals surface area contributed by atoms with E-state index in [4.69, 9.17) is 5.84 Å². The Morgan fingerprint density at radius 3 is 2.25 bits per heavy atom. The molecule has 2 aromatic carbocycles. The largest absolute Gasteiger partial charge is 0.335 e. The molecule has 0 saturated carbocycles. The fourth-order valence-electron chi connectivity index (χ4n) is 3.38. The highest BCUT2D eigenvalue weighted by atomic mass is 32.1. The predicted octanol–water partition coefficient (Wildman–Crippen LogP) is 3.76. The van der Waals surface area contributed by atoms with E-state index < -0.39 is 0 Å². The van der Waals surface area contributed by atoms with Gasteiger partial charge in [-0.25, -0.2) is 9.66 Å². The van der Waals surface area contributed by atoms with Crippen molar-refractivity contribution in [2.75, 3.05) is 5.84 Å². The second-order valence-corrected chi connectivity index (χ2v) is 7.45. The molecule has 5 aromatic rings. The molecule has 0 saturated heterocycles. The molecule has 0 bridgehead atoms. The summed E-state index contributed by atoms with van der Waals surface area (Å²) in [6, 6.07) is 19.9. The number of fused-ring (bicyclic) bond motifs is 3. The van der Waals surface area contributed by atoms with E-state index in [2.05, 4.69) is 15.2 Å². The molecule has 3 heterocycles. The van der Waals surface area contributed by atoms with Crippen LogP contribution in [-0.4, -0.2) is 19.9 Å². The quantitative estimate of drug-likeness (QED) is 0.468. The Bertz CT molecular complexity index is 1390. The molecule has 0 aliphatic carbocycles. The van der Waals surface area contributed by atoms with Crippen LogP contribution in [0.15, 0.2) is 65.5 Å².